The first kappa shape index (κ1) is 124. The van der Waals surface area contributed by atoms with E-state index in [1.807, 2.05) is 0 Å². The summed E-state index contributed by atoms with van der Waals surface area (Å²) in [5, 5.41) is 23.2. The first-order chi connectivity index (χ1) is 22.4. The Bertz CT molecular complexity index is 820. The molecule has 0 aromatic carbocycles. The van der Waals surface area contributed by atoms with Crippen molar-refractivity contribution in [3.63, 3.8) is 0 Å². The van der Waals surface area contributed by atoms with Gasteiger partial charge in [-0.3, -0.25) is 11.9 Å². The van der Waals surface area contributed by atoms with Crippen LogP contribution in [0.4, 0.5) is 0 Å². The van der Waals surface area contributed by atoms with Crippen LogP contribution in [-0.4, -0.2) is 127 Å². The maximum Gasteiger partial charge on any atom is 1.00 e. The number of hydrogen-bond acceptors (Lipinski definition) is 24. The zero-order valence-corrected chi connectivity index (χ0v) is 52.3. The van der Waals surface area contributed by atoms with Crippen LogP contribution >= 0.6 is 0 Å². The van der Waals surface area contributed by atoms with Crippen LogP contribution in [0.2, 0.25) is 0 Å². The zero-order chi connectivity index (χ0) is 40.8. The van der Waals surface area contributed by atoms with Crippen molar-refractivity contribution in [3.05, 3.63) is 49.3 Å². The summed E-state index contributed by atoms with van der Waals surface area (Å²) in [5.41, 5.74) is 5.11. The number of hydrogen-bond donors (Lipinski definition) is 2. The predicted molar refractivity (Wildman–Crippen MR) is 136 cm³/mol. The number of carbonyl (C=O) groups is 2. The summed E-state index contributed by atoms with van der Waals surface area (Å²) in [5.74, 6) is -2.66. The van der Waals surface area contributed by atoms with Crippen LogP contribution in [0, 0.1) is 49.3 Å². The molecular weight excluding hydrogens is 867 g/mol. The van der Waals surface area contributed by atoms with Crippen molar-refractivity contribution in [2.45, 2.75) is 0 Å². The first-order valence-corrected chi connectivity index (χ1v) is 10.8. The number of carboxylic acids is 2. The van der Waals surface area contributed by atoms with Gasteiger partial charge in [0.15, 0.2) is 0 Å². The quantitative estimate of drug-likeness (QED) is 0.136. The molecule has 0 unspecified atom stereocenters. The van der Waals surface area contributed by atoms with E-state index in [9.17, 15) is 19.8 Å². The largest absolute Gasteiger partial charge is 1.00 e. The third kappa shape index (κ3) is 358. The molecule has 0 atom stereocenters. The second-order valence-corrected chi connectivity index (χ2v) is 6.01. The molecule has 0 aliphatic heterocycles. The van der Waals surface area contributed by atoms with Gasteiger partial charge in [0.2, 0.25) is 0 Å². The standard InChI is InChI=1S/C8H14N2O4.C5H11N2.C4H10N2.7CO2.9Na/c1-9(2)3-4-10(5-7(11)12)6-8(13)14;1-6-4-5-7(2)3;1-6(2)4-3-5;7*2-1-3;;;;;;;;;/h1-6H2,(H,11,12)(H,13,14);6H,1-5H2;1-5H2;;;;;;;;;;;;;;;;/q-2;-3;-2;;;;;;;;9*+1/p-2. The molecule has 0 radical (unpaired) electrons. The molecular formula is C24H33N6Na9O18. The van der Waals surface area contributed by atoms with Gasteiger partial charge in [0.05, 0.1) is 11.9 Å². The minimum Gasteiger partial charge on any atom is -0.610 e. The van der Waals surface area contributed by atoms with Gasteiger partial charge >= 0.3 is 309 Å². The fourth-order valence-corrected chi connectivity index (χ4v) is 1.28. The van der Waals surface area contributed by atoms with E-state index >= 15 is 0 Å². The Labute approximate surface area is 530 Å². The number of rotatable bonds is 12. The molecule has 0 spiro atoms. The van der Waals surface area contributed by atoms with Crippen LogP contribution in [0.1, 0.15) is 0 Å². The van der Waals surface area contributed by atoms with Crippen molar-refractivity contribution in [3.8, 4) is 0 Å². The number of aliphatic carboxylic acids is 2. The van der Waals surface area contributed by atoms with E-state index in [2.05, 4.69) is 54.7 Å². The normalized spacial score (nSPS) is 5.96. The molecule has 0 rings (SSSR count). The maximum absolute atomic E-state index is 10.2. The fourth-order valence-electron chi connectivity index (χ4n) is 1.28. The van der Waals surface area contributed by atoms with Crippen LogP contribution in [0.25, 0.3) is 0 Å². The molecule has 0 aliphatic rings. The summed E-state index contributed by atoms with van der Waals surface area (Å²) in [6.45, 7) is 2.78. The van der Waals surface area contributed by atoms with E-state index in [4.69, 9.17) is 72.9 Å². The molecule has 0 aliphatic carbocycles. The number of nitrogens with two attached hydrogens (primary N) is 1. The smallest absolute Gasteiger partial charge is 0.610 e. The SMILES string of the molecule is O=C=O.O=C=O.O=C=O.O=C=O.O=C=O.O=C=O.O=C=O.[CH2-]N([CH2-])CCN.[CH2-]N([CH2-])CCN(CC(=O)[O-])CC(=O)[O-].[CH2-]NCCN([CH2-])[CH2-].[Na+].[Na+].[Na+].[Na+].[Na+].[Na+].[Na+].[Na+].[Na+]. The average Bonchev–Trinajstić information content (AvgIpc) is 2.94. The number of carbonyl (C=O) groups excluding carboxylic acids is 16. The molecule has 33 heteroatoms. The minimum atomic E-state index is -1.33. The van der Waals surface area contributed by atoms with Gasteiger partial charge in [-0.1, -0.05) is 0 Å². The monoisotopic (exact) mass is 900 g/mol. The Morgan fingerprint density at radius 3 is 0.719 bits per heavy atom. The summed E-state index contributed by atoms with van der Waals surface area (Å²) >= 11 is 0. The van der Waals surface area contributed by atoms with Crippen LogP contribution in [0.15, 0.2) is 0 Å². The third-order valence-corrected chi connectivity index (χ3v) is 2.49. The van der Waals surface area contributed by atoms with Crippen LogP contribution < -0.4 is 287 Å². The van der Waals surface area contributed by atoms with Crippen molar-refractivity contribution < 1.29 is 353 Å². The van der Waals surface area contributed by atoms with Gasteiger partial charge in [-0.2, -0.15) is 67.1 Å². The Hall–Kier alpha value is 3.36. The van der Waals surface area contributed by atoms with Crippen molar-refractivity contribution >= 4 is 55.0 Å². The van der Waals surface area contributed by atoms with Gasteiger partial charge in [-0.05, 0) is 26.2 Å². The first-order valence-electron chi connectivity index (χ1n) is 10.8. The van der Waals surface area contributed by atoms with E-state index in [-0.39, 0.29) is 316 Å². The molecule has 0 bridgehead atoms. The summed E-state index contributed by atoms with van der Waals surface area (Å²) in [4.78, 5) is 140. The number of carboxylic acid groups (broad SMARTS) is 2. The topological polar surface area (TPSA) is 370 Å². The van der Waals surface area contributed by atoms with Gasteiger partial charge in [0.25, 0.3) is 0 Å². The van der Waals surface area contributed by atoms with E-state index in [1.54, 1.807) is 9.80 Å². The second kappa shape index (κ2) is 145. The van der Waals surface area contributed by atoms with Crippen LogP contribution in [0.5, 0.6) is 0 Å². The fraction of sp³-hybridized carbons (Fsp3) is 0.333. The van der Waals surface area contributed by atoms with E-state index < -0.39 is 25.0 Å². The average molecular weight is 900 g/mol. The molecule has 0 aromatic heterocycles. The Morgan fingerprint density at radius 2 is 0.632 bits per heavy atom. The van der Waals surface area contributed by atoms with Crippen molar-refractivity contribution in [1.29, 1.82) is 0 Å². The molecule has 0 heterocycles. The summed E-state index contributed by atoms with van der Waals surface area (Å²) in [6, 6.07) is 0. The van der Waals surface area contributed by atoms with Gasteiger partial charge in [0, 0.05) is 26.2 Å². The molecule has 0 amide bonds. The molecule has 24 nitrogen and oxygen atoms in total. The molecule has 0 saturated carbocycles. The van der Waals surface area contributed by atoms with Crippen molar-refractivity contribution in [1.82, 2.24) is 24.9 Å². The Morgan fingerprint density at radius 1 is 0.439 bits per heavy atom. The molecule has 0 saturated heterocycles. The molecule has 276 valence electrons. The predicted octanol–water partition coefficient (Wildman–Crippen LogP) is -34.3. The van der Waals surface area contributed by atoms with Gasteiger partial charge in [0.1, 0.15) is 0 Å². The van der Waals surface area contributed by atoms with Gasteiger partial charge in [-0.25, -0.2) is 0 Å². The number of nitrogens with zero attached hydrogens (tertiary/aromatic N) is 4. The summed E-state index contributed by atoms with van der Waals surface area (Å²) in [7, 11) is 24.3. The summed E-state index contributed by atoms with van der Waals surface area (Å²) < 4.78 is 0. The van der Waals surface area contributed by atoms with E-state index in [0.29, 0.717) is 13.1 Å². The van der Waals surface area contributed by atoms with Crippen molar-refractivity contribution in [2.75, 3.05) is 52.4 Å². The van der Waals surface area contributed by atoms with Gasteiger partial charge < -0.3 is 87.8 Å². The summed E-state index contributed by atoms with van der Waals surface area (Å²) in [6.07, 6.45) is 1.75. The second-order valence-electron chi connectivity index (χ2n) is 6.01. The zero-order valence-electron chi connectivity index (χ0n) is 34.3. The van der Waals surface area contributed by atoms with Crippen LogP contribution in [0.3, 0.4) is 0 Å². The van der Waals surface area contributed by atoms with Crippen LogP contribution in [-0.2, 0) is 76.7 Å². The number of nitrogens with one attached hydrogen (secondary N) is 1. The maximum atomic E-state index is 10.2. The molecule has 57 heavy (non-hydrogen) atoms. The Kier molecular flexibility index (Phi) is 316. The Balaban J connectivity index is -0.0000000174. The van der Waals surface area contributed by atoms with E-state index in [1.165, 1.54) is 9.80 Å². The molecule has 0 aromatic rings. The van der Waals surface area contributed by atoms with Gasteiger partial charge in [-0.15, -0.1) is 0 Å². The minimum absolute atomic E-state index is 0. The molecule has 0 fully saturated rings. The van der Waals surface area contributed by atoms with E-state index in [0.717, 1.165) is 19.6 Å². The van der Waals surface area contributed by atoms with Crippen molar-refractivity contribution in [2.24, 2.45) is 5.73 Å². The molecule has 3 N–H and O–H groups in total. The third-order valence-electron chi connectivity index (χ3n) is 2.49.